The highest BCUT2D eigenvalue weighted by molar-refractivity contribution is 8.00. The minimum absolute atomic E-state index is 0.00353. The van der Waals surface area contributed by atoms with E-state index in [1.165, 1.54) is 59.1 Å². The number of carbonyl (C=O) groups excluding carboxylic acids is 2. The number of pyridine rings is 1. The molecule has 0 N–H and O–H groups in total. The maximum absolute atomic E-state index is 13.8. The van der Waals surface area contributed by atoms with Crippen LogP contribution in [0.3, 0.4) is 0 Å². The average Bonchev–Trinajstić information content (AvgIpc) is 3.72. The van der Waals surface area contributed by atoms with E-state index in [0.717, 1.165) is 29.5 Å². The molecule has 48 heavy (non-hydrogen) atoms. The van der Waals surface area contributed by atoms with Crippen molar-refractivity contribution in [3.8, 4) is 11.5 Å². The lowest BCUT2D eigenvalue weighted by atomic mass is 10.0. The molecule has 1 aromatic heterocycles. The Morgan fingerprint density at radius 2 is 1.81 bits per heavy atom. The van der Waals surface area contributed by atoms with E-state index in [0.29, 0.717) is 4.73 Å². The molecule has 5 rings (SSSR count). The highest BCUT2D eigenvalue weighted by atomic mass is 35.5. The van der Waals surface area contributed by atoms with Crippen molar-refractivity contribution >= 4 is 56.9 Å². The molecule has 0 spiro atoms. The minimum Gasteiger partial charge on any atom is -0.619 e. The molecule has 2 heterocycles. The number of aromatic nitrogens is 1. The van der Waals surface area contributed by atoms with Crippen LogP contribution in [-0.4, -0.2) is 74.5 Å². The molecular formula is C31H31Cl2F2N3O8S2. The summed E-state index contributed by atoms with van der Waals surface area (Å²) in [6.45, 7) is -2.86. The lowest BCUT2D eigenvalue weighted by Crippen LogP contribution is -2.43. The van der Waals surface area contributed by atoms with Gasteiger partial charge in [-0.2, -0.15) is 17.8 Å². The smallest absolute Gasteiger partial charge is 0.387 e. The molecule has 11 nitrogen and oxygen atoms in total. The highest BCUT2D eigenvalue weighted by Crippen LogP contribution is 2.39. The van der Waals surface area contributed by atoms with Gasteiger partial charge in [0.1, 0.15) is 22.2 Å². The zero-order valence-corrected chi connectivity index (χ0v) is 28.8. The number of sulfonamides is 1. The van der Waals surface area contributed by atoms with Crippen LogP contribution in [0.25, 0.3) is 0 Å². The first-order valence-electron chi connectivity index (χ1n) is 14.6. The van der Waals surface area contributed by atoms with Crippen molar-refractivity contribution in [3.05, 3.63) is 86.8 Å². The summed E-state index contributed by atoms with van der Waals surface area (Å²) < 4.78 is 71.8. The highest BCUT2D eigenvalue weighted by Gasteiger charge is 2.42. The number of nitrogens with zero attached hydrogens (tertiary/aromatic N) is 3. The van der Waals surface area contributed by atoms with Crippen molar-refractivity contribution in [1.82, 2.24) is 9.21 Å². The molecule has 0 bridgehead atoms. The Bertz CT molecular complexity index is 1770. The first kappa shape index (κ1) is 35.9. The quantitative estimate of drug-likeness (QED) is 0.130. The molecular weight excluding hydrogens is 715 g/mol. The normalized spacial score (nSPS) is 17.3. The van der Waals surface area contributed by atoms with Crippen molar-refractivity contribution in [2.75, 3.05) is 32.3 Å². The minimum atomic E-state index is -4.27. The number of benzene rings is 2. The third-order valence-electron chi connectivity index (χ3n) is 7.64. The molecule has 2 aliphatic rings. The van der Waals surface area contributed by atoms with Gasteiger partial charge in [-0.25, -0.2) is 8.42 Å². The van der Waals surface area contributed by atoms with Crippen LogP contribution in [0.5, 0.6) is 11.5 Å². The summed E-state index contributed by atoms with van der Waals surface area (Å²) in [5.41, 5.74) is 0.697. The van der Waals surface area contributed by atoms with E-state index >= 15 is 0 Å². The number of hydrogen-bond donors (Lipinski definition) is 0. The topological polar surface area (TPSA) is 129 Å². The predicted molar refractivity (Wildman–Crippen MR) is 174 cm³/mol. The van der Waals surface area contributed by atoms with Gasteiger partial charge in [-0.1, -0.05) is 35.3 Å². The number of alkyl halides is 2. The average molecular weight is 747 g/mol. The molecule has 2 aromatic carbocycles. The van der Waals surface area contributed by atoms with E-state index in [-0.39, 0.29) is 73.7 Å². The number of halogens is 4. The molecule has 2 atom stereocenters. The monoisotopic (exact) mass is 745 g/mol. The van der Waals surface area contributed by atoms with Crippen molar-refractivity contribution < 1.29 is 45.7 Å². The molecule has 3 aromatic rings. The lowest BCUT2D eigenvalue weighted by molar-refractivity contribution is -0.605. The van der Waals surface area contributed by atoms with Crippen LogP contribution < -0.4 is 14.2 Å². The Balaban J connectivity index is 1.47. The summed E-state index contributed by atoms with van der Waals surface area (Å²) in [6, 6.07) is 8.33. The molecule has 258 valence electrons. The van der Waals surface area contributed by atoms with Gasteiger partial charge in [0.15, 0.2) is 23.9 Å². The number of thioether (sulfide) groups is 1. The predicted octanol–water partition coefficient (Wildman–Crippen LogP) is 5.31. The number of hydrogen-bond acceptors (Lipinski definition) is 9. The number of rotatable bonds is 13. The van der Waals surface area contributed by atoms with Crippen molar-refractivity contribution in [2.45, 2.75) is 42.9 Å². The summed E-state index contributed by atoms with van der Waals surface area (Å²) >= 11 is 13.9. The van der Waals surface area contributed by atoms with Crippen LogP contribution in [0.2, 0.25) is 10.0 Å². The maximum Gasteiger partial charge on any atom is 0.387 e. The Labute approximate surface area is 290 Å². The van der Waals surface area contributed by atoms with Crippen molar-refractivity contribution in [1.29, 1.82) is 0 Å². The van der Waals surface area contributed by atoms with Gasteiger partial charge in [0.25, 0.3) is 5.91 Å². The first-order valence-corrected chi connectivity index (χ1v) is 18.0. The van der Waals surface area contributed by atoms with Gasteiger partial charge in [0.2, 0.25) is 10.0 Å². The number of esters is 1. The van der Waals surface area contributed by atoms with Gasteiger partial charge in [-0.3, -0.25) is 9.59 Å². The standard InChI is InChI=1S/C31H31Cl2F2N3O8S2/c1-36(2)29(39)20-4-3-5-21(10-20)48(42,43)38-17-47-16-25(38)30(40)45-27(12-22-23(32)13-37(41)14-24(22)33)19-8-9-26(46-31(34)35)28(11-19)44-15-18-6-7-18/h3-5,8-11,13-14,18,25,27,31H,6-7,12,15-17H2,1-2H3/t25-,27+/m1/s1. The van der Waals surface area contributed by atoms with Gasteiger partial charge >= 0.3 is 12.6 Å². The fraction of sp³-hybridized carbons (Fsp3) is 0.387. The maximum atomic E-state index is 13.8. The van der Waals surface area contributed by atoms with Gasteiger partial charge in [0, 0.05) is 37.4 Å². The Hall–Kier alpha value is -3.37. The second-order valence-corrected chi connectivity index (χ2v) is 15.1. The fourth-order valence-electron chi connectivity index (χ4n) is 4.91. The first-order chi connectivity index (χ1) is 22.7. The lowest BCUT2D eigenvalue weighted by Gasteiger charge is -2.26. The van der Waals surface area contributed by atoms with Crippen LogP contribution in [0.1, 0.15) is 40.4 Å². The Kier molecular flexibility index (Phi) is 11.2. The Morgan fingerprint density at radius 1 is 1.10 bits per heavy atom. The summed E-state index contributed by atoms with van der Waals surface area (Å²) in [5, 5.41) is 11.9. The molecule has 2 fully saturated rings. The van der Waals surface area contributed by atoms with Crippen LogP contribution in [0.15, 0.2) is 59.8 Å². The fourth-order valence-corrected chi connectivity index (χ4v) is 8.68. The van der Waals surface area contributed by atoms with Gasteiger partial charge in [-0.15, -0.1) is 11.8 Å². The van der Waals surface area contributed by atoms with Gasteiger partial charge in [-0.05, 0) is 54.7 Å². The molecule has 0 unspecified atom stereocenters. The van der Waals surface area contributed by atoms with E-state index in [2.05, 4.69) is 4.74 Å². The molecule has 1 amide bonds. The summed E-state index contributed by atoms with van der Waals surface area (Å²) in [5.74, 6) is -1.23. The summed E-state index contributed by atoms with van der Waals surface area (Å²) in [6.07, 6.45) is 2.67. The van der Waals surface area contributed by atoms with Gasteiger partial charge < -0.3 is 24.3 Å². The molecule has 1 saturated heterocycles. The zero-order valence-electron chi connectivity index (χ0n) is 25.7. The Morgan fingerprint density at radius 3 is 2.46 bits per heavy atom. The largest absolute Gasteiger partial charge is 0.619 e. The third-order valence-corrected chi connectivity index (χ3v) is 11.3. The van der Waals surface area contributed by atoms with E-state index in [1.54, 1.807) is 14.1 Å². The second kappa shape index (κ2) is 15.0. The van der Waals surface area contributed by atoms with E-state index in [4.69, 9.17) is 32.7 Å². The van der Waals surface area contributed by atoms with Crippen LogP contribution in [0, 0.1) is 11.1 Å². The summed E-state index contributed by atoms with van der Waals surface area (Å²) in [7, 11) is -1.19. The molecule has 0 radical (unpaired) electrons. The summed E-state index contributed by atoms with van der Waals surface area (Å²) in [4.78, 5) is 27.5. The SMILES string of the molecule is CN(C)C(=O)c1cccc(S(=O)(=O)N2CSC[C@@H]2C(=O)O[C@@H](Cc2c(Cl)c[n+]([O-])cc2Cl)c2ccc(OC(F)F)c(OCC3CC3)c2)c1. The van der Waals surface area contributed by atoms with Crippen molar-refractivity contribution in [3.63, 3.8) is 0 Å². The molecule has 17 heteroatoms. The number of ether oxygens (including phenoxy) is 3. The second-order valence-electron chi connectivity index (χ2n) is 11.4. The van der Waals surface area contributed by atoms with Crippen molar-refractivity contribution in [2.24, 2.45) is 5.92 Å². The molecule has 1 aliphatic carbocycles. The number of amides is 1. The number of carbonyl (C=O) groups is 2. The van der Waals surface area contributed by atoms with E-state index < -0.39 is 40.7 Å². The van der Waals surface area contributed by atoms with E-state index in [1.807, 2.05) is 0 Å². The van der Waals surface area contributed by atoms with Gasteiger partial charge in [0.05, 0.1) is 17.4 Å². The van der Waals surface area contributed by atoms with E-state index in [9.17, 15) is 32.0 Å². The van der Waals surface area contributed by atoms with Crippen LogP contribution >= 0.6 is 35.0 Å². The zero-order chi connectivity index (χ0) is 34.7. The van der Waals surface area contributed by atoms with Crippen LogP contribution in [-0.2, 0) is 26.0 Å². The van der Waals surface area contributed by atoms with Crippen LogP contribution in [0.4, 0.5) is 8.78 Å². The molecule has 1 saturated carbocycles. The third kappa shape index (κ3) is 8.43. The molecule has 1 aliphatic heterocycles.